The highest BCUT2D eigenvalue weighted by Crippen LogP contribution is 2.41. The van der Waals surface area contributed by atoms with Gasteiger partial charge in [0.2, 0.25) is 10.8 Å². The van der Waals surface area contributed by atoms with Gasteiger partial charge in [0.25, 0.3) is 11.8 Å². The first-order chi connectivity index (χ1) is 19.1. The van der Waals surface area contributed by atoms with Gasteiger partial charge in [0.1, 0.15) is 29.5 Å². The molecule has 1 fully saturated rings. The Morgan fingerprint density at radius 3 is 2.80 bits per heavy atom. The standard InChI is InChI=1S/C21H23N11O5S3/c1-3-37-29-12(9-7-39-20(24)25-9)15(33)27-13-16(34)31-14(18(35)36)8(5-38-17(13)31)6-40-21-26-10(22)4-11-30(2)19(23)28-32(11)21/h4,7,13,17,22H,3,5-6H2,1-2H3,(H6,23,24,25,27,28,33,35,36)/b29-12-/t13?,17-/m1/s1. The van der Waals surface area contributed by atoms with Crippen LogP contribution in [-0.2, 0) is 26.3 Å². The number of nitrogen functional groups attached to an aromatic ring is 3. The van der Waals surface area contributed by atoms with Crippen LogP contribution in [0.2, 0.25) is 0 Å². The summed E-state index contributed by atoms with van der Waals surface area (Å²) in [6, 6.07) is 0.618. The van der Waals surface area contributed by atoms with E-state index in [1.54, 1.807) is 30.0 Å². The van der Waals surface area contributed by atoms with Gasteiger partial charge in [-0.3, -0.25) is 14.5 Å². The molecular formula is C21H23N11O5S3. The molecule has 0 aliphatic carbocycles. The number of nitrogens with one attached hydrogen (secondary N) is 1. The van der Waals surface area contributed by atoms with Crippen molar-refractivity contribution in [2.24, 2.45) is 12.2 Å². The van der Waals surface area contributed by atoms with Crippen molar-refractivity contribution in [3.05, 3.63) is 28.4 Å². The lowest BCUT2D eigenvalue weighted by molar-refractivity contribution is -0.631. The fourth-order valence-corrected chi connectivity index (χ4v) is 7.06. The number of carboxylic acid groups (broad SMARTS) is 1. The molecule has 210 valence electrons. The van der Waals surface area contributed by atoms with Gasteiger partial charge in [-0.15, -0.1) is 23.1 Å². The van der Waals surface area contributed by atoms with E-state index in [0.717, 1.165) is 16.2 Å². The molecule has 7 N–H and O–H groups in total. The number of aliphatic carboxylic acids is 1. The van der Waals surface area contributed by atoms with Gasteiger partial charge in [-0.25, -0.2) is 9.55 Å². The van der Waals surface area contributed by atoms with E-state index in [1.807, 2.05) is 0 Å². The van der Waals surface area contributed by atoms with Crippen molar-refractivity contribution in [3.8, 4) is 0 Å². The van der Waals surface area contributed by atoms with E-state index in [-0.39, 0.29) is 52.1 Å². The second-order valence-corrected chi connectivity index (χ2v) is 11.4. The van der Waals surface area contributed by atoms with Crippen molar-refractivity contribution in [3.63, 3.8) is 0 Å². The van der Waals surface area contributed by atoms with Gasteiger partial charge in [0, 0.05) is 28.1 Å². The van der Waals surface area contributed by atoms with E-state index in [4.69, 9.17) is 22.0 Å². The average Bonchev–Trinajstić information content (AvgIpc) is 3.47. The smallest absolute Gasteiger partial charge is 0.376 e. The fourth-order valence-electron chi connectivity index (χ4n) is 4.07. The van der Waals surface area contributed by atoms with Gasteiger partial charge in [-0.05, 0) is 12.5 Å². The monoisotopic (exact) mass is 605 g/mol. The summed E-state index contributed by atoms with van der Waals surface area (Å²) in [7, 11) is 1.73. The molecule has 0 saturated carbocycles. The average molecular weight is 606 g/mol. The van der Waals surface area contributed by atoms with Crippen LogP contribution in [0.5, 0.6) is 0 Å². The van der Waals surface area contributed by atoms with Crippen LogP contribution in [0.3, 0.4) is 0 Å². The van der Waals surface area contributed by atoms with Crippen molar-refractivity contribution < 1.29 is 28.9 Å². The molecule has 2 aliphatic rings. The molecule has 5 heterocycles. The number of carbonyl (C=O) groups excluding carboxylic acids is 3. The molecule has 5 rings (SSSR count). The minimum absolute atomic E-state index is 0.150. The van der Waals surface area contributed by atoms with E-state index in [1.165, 1.54) is 28.0 Å². The van der Waals surface area contributed by atoms with E-state index in [0.29, 0.717) is 16.4 Å². The first-order valence-corrected chi connectivity index (χ1v) is 14.6. The highest BCUT2D eigenvalue weighted by Gasteiger charge is 2.53. The number of rotatable bonds is 9. The maximum atomic E-state index is 13.1. The molecule has 1 saturated heterocycles. The number of oxime groups is 1. The molecule has 19 heteroatoms. The highest BCUT2D eigenvalue weighted by molar-refractivity contribution is 8.01. The van der Waals surface area contributed by atoms with Gasteiger partial charge in [0.05, 0.1) is 18.7 Å². The summed E-state index contributed by atoms with van der Waals surface area (Å²) in [5.41, 5.74) is 18.4. The Kier molecular flexibility index (Phi) is 7.43. The number of hydrogen-bond donors (Lipinski definition) is 4. The number of β-lactam (4-membered cyclic amide) rings is 1. The number of carboxylic acids is 1. The molecular weight excluding hydrogens is 583 g/mol. The van der Waals surface area contributed by atoms with Crippen LogP contribution in [0.1, 0.15) is 12.6 Å². The maximum absolute atomic E-state index is 13.1. The number of nitrogens with two attached hydrogens (primary N) is 3. The summed E-state index contributed by atoms with van der Waals surface area (Å²) in [6.45, 7) is 1.90. The van der Waals surface area contributed by atoms with Crippen LogP contribution in [0.25, 0.3) is 5.65 Å². The minimum atomic E-state index is -1.50. The van der Waals surface area contributed by atoms with Gasteiger partial charge >= 0.3 is 5.95 Å². The quantitative estimate of drug-likeness (QED) is 0.0502. The lowest BCUT2D eigenvalue weighted by Gasteiger charge is -2.50. The molecule has 2 atom stereocenters. The van der Waals surface area contributed by atoms with Crippen LogP contribution in [0.4, 0.5) is 16.9 Å². The Morgan fingerprint density at radius 1 is 1.35 bits per heavy atom. The number of anilines is 3. The summed E-state index contributed by atoms with van der Waals surface area (Å²) in [6.07, 6.45) is 0. The number of thioether (sulfide) groups is 2. The third-order valence-corrected chi connectivity index (χ3v) is 8.99. The fraction of sp³-hybridized carbons (Fsp3) is 0.333. The topological polar surface area (TPSA) is 236 Å². The van der Waals surface area contributed by atoms with E-state index >= 15 is 0 Å². The Morgan fingerprint density at radius 2 is 2.12 bits per heavy atom. The van der Waals surface area contributed by atoms with Crippen molar-refractivity contribution >= 4 is 80.9 Å². The van der Waals surface area contributed by atoms with Crippen molar-refractivity contribution in [1.29, 1.82) is 0 Å². The Bertz CT molecular complexity index is 1600. The molecule has 2 aliphatic heterocycles. The normalized spacial score (nSPS) is 19.0. The molecule has 1 unspecified atom stereocenters. The zero-order valence-corrected chi connectivity index (χ0v) is 23.5. The summed E-state index contributed by atoms with van der Waals surface area (Å²) in [4.78, 5) is 52.8. The van der Waals surface area contributed by atoms with Crippen molar-refractivity contribution in [1.82, 2.24) is 29.8 Å². The Balaban J connectivity index is 1.35. The minimum Gasteiger partial charge on any atom is -0.543 e. The molecule has 3 aromatic rings. The SMILES string of the molecule is CCO/N=C(\C(=O)NC1C(=O)N2C(C(=O)[O-])=C(CSc3nc(N)cc4n3nc(N)[n+]4C)CS[C@H]12)c1csc(N)n1. The van der Waals surface area contributed by atoms with Gasteiger partial charge in [0.15, 0.2) is 10.8 Å². The number of carbonyl (C=O) groups is 3. The number of aryl methyl sites for hydroxylation is 1. The van der Waals surface area contributed by atoms with Crippen molar-refractivity contribution in [2.75, 3.05) is 35.3 Å². The maximum Gasteiger partial charge on any atom is 0.376 e. The van der Waals surface area contributed by atoms with Gasteiger partial charge < -0.3 is 37.3 Å². The Labute approximate surface area is 238 Å². The van der Waals surface area contributed by atoms with Crippen LogP contribution >= 0.6 is 34.9 Å². The molecule has 2 amide bonds. The number of aromatic nitrogens is 5. The summed E-state index contributed by atoms with van der Waals surface area (Å²) < 4.78 is 3.14. The van der Waals surface area contributed by atoms with Gasteiger partial charge in [-0.2, -0.15) is 4.98 Å². The van der Waals surface area contributed by atoms with Crippen LogP contribution in [0, 0.1) is 0 Å². The molecule has 16 nitrogen and oxygen atoms in total. The Hall–Kier alpha value is -4.10. The highest BCUT2D eigenvalue weighted by atomic mass is 32.2. The molecule has 0 bridgehead atoms. The summed E-state index contributed by atoms with van der Waals surface area (Å²) in [5.74, 6) is -1.90. The number of amides is 2. The lowest BCUT2D eigenvalue weighted by Crippen LogP contribution is -2.71. The van der Waals surface area contributed by atoms with E-state index in [2.05, 4.69) is 25.5 Å². The summed E-state index contributed by atoms with van der Waals surface area (Å²) in [5, 5.41) is 24.4. The second kappa shape index (κ2) is 10.8. The molecule has 40 heavy (non-hydrogen) atoms. The second-order valence-electron chi connectivity index (χ2n) is 8.47. The third-order valence-electron chi connectivity index (χ3n) is 5.96. The third kappa shape index (κ3) is 4.86. The van der Waals surface area contributed by atoms with Crippen LogP contribution < -0.4 is 32.2 Å². The van der Waals surface area contributed by atoms with Crippen molar-refractivity contribution in [2.45, 2.75) is 23.5 Å². The lowest BCUT2D eigenvalue weighted by atomic mass is 10.0. The predicted molar refractivity (Wildman–Crippen MR) is 145 cm³/mol. The van der Waals surface area contributed by atoms with Gasteiger partial charge in [-0.1, -0.05) is 21.4 Å². The largest absolute Gasteiger partial charge is 0.543 e. The van der Waals surface area contributed by atoms with Crippen LogP contribution in [-0.4, -0.2) is 77.5 Å². The summed E-state index contributed by atoms with van der Waals surface area (Å²) >= 11 is 3.61. The molecule has 0 aromatic carbocycles. The predicted octanol–water partition coefficient (Wildman–Crippen LogP) is -2.31. The zero-order valence-electron chi connectivity index (χ0n) is 21.1. The van der Waals surface area contributed by atoms with Crippen LogP contribution in [0.15, 0.2) is 33.0 Å². The number of hydrogen-bond acceptors (Lipinski definition) is 15. The first kappa shape index (κ1) is 27.5. The van der Waals surface area contributed by atoms with E-state index in [9.17, 15) is 19.5 Å². The number of fused-ring (bicyclic) bond motifs is 2. The number of nitrogens with zero attached hydrogens (tertiary/aromatic N) is 7. The zero-order chi connectivity index (χ0) is 28.7. The molecule has 0 radical (unpaired) electrons. The first-order valence-electron chi connectivity index (χ1n) is 11.6. The molecule has 0 spiro atoms. The van der Waals surface area contributed by atoms with E-state index < -0.39 is 29.2 Å². The number of thiazole rings is 1. The molecule has 3 aromatic heterocycles.